The van der Waals surface area contributed by atoms with Crippen LogP contribution in [0, 0.1) is 6.92 Å². The Kier molecular flexibility index (Phi) is 4.32. The van der Waals surface area contributed by atoms with Crippen molar-refractivity contribution in [3.8, 4) is 0 Å². The van der Waals surface area contributed by atoms with E-state index in [0.29, 0.717) is 6.04 Å². The Morgan fingerprint density at radius 2 is 2.22 bits per heavy atom. The third kappa shape index (κ3) is 3.21. The van der Waals surface area contributed by atoms with Crippen LogP contribution in [0.15, 0.2) is 51.0 Å². The van der Waals surface area contributed by atoms with Gasteiger partial charge in [-0.15, -0.1) is 11.3 Å². The van der Waals surface area contributed by atoms with Gasteiger partial charge < -0.3 is 10.2 Å². The molecule has 0 saturated heterocycles. The van der Waals surface area contributed by atoms with E-state index < -0.39 is 0 Å². The maximum atomic E-state index is 6.23. The molecular weight excluding hydrogens is 378 g/mol. The molecule has 0 amide bonds. The van der Waals surface area contributed by atoms with Gasteiger partial charge in [0.1, 0.15) is 12.2 Å². The quantitative estimate of drug-likeness (QED) is 0.793. The second-order valence-corrected chi connectivity index (χ2v) is 8.92. The first kappa shape index (κ1) is 17.1. The third-order valence-electron chi connectivity index (χ3n) is 5.59. The summed E-state index contributed by atoms with van der Waals surface area (Å²) < 4.78 is 0. The summed E-state index contributed by atoms with van der Waals surface area (Å²) in [5, 5.41) is 14.6. The number of hydrogen-bond donors (Lipinski definition) is 1. The van der Waals surface area contributed by atoms with Crippen molar-refractivity contribution in [3.05, 3.63) is 56.6 Å². The number of aryl methyl sites for hydroxylation is 1. The number of thiazole rings is 1. The zero-order chi connectivity index (χ0) is 18.4. The van der Waals surface area contributed by atoms with E-state index in [0.717, 1.165) is 65.9 Å². The summed E-state index contributed by atoms with van der Waals surface area (Å²) in [7, 11) is 0. The van der Waals surface area contributed by atoms with Gasteiger partial charge in [-0.1, -0.05) is 17.7 Å². The highest BCUT2D eigenvalue weighted by Gasteiger charge is 2.32. The Bertz CT molecular complexity index is 923. The first-order valence-electron chi connectivity index (χ1n) is 9.44. The molecule has 1 atom stereocenters. The van der Waals surface area contributed by atoms with Gasteiger partial charge in [0.25, 0.3) is 0 Å². The van der Waals surface area contributed by atoms with E-state index in [1.54, 1.807) is 11.3 Å². The predicted molar refractivity (Wildman–Crippen MR) is 111 cm³/mol. The van der Waals surface area contributed by atoms with Crippen molar-refractivity contribution in [1.82, 2.24) is 20.2 Å². The van der Waals surface area contributed by atoms with Crippen molar-refractivity contribution in [2.75, 3.05) is 6.54 Å². The van der Waals surface area contributed by atoms with Crippen molar-refractivity contribution in [1.29, 1.82) is 0 Å². The van der Waals surface area contributed by atoms with Crippen LogP contribution in [0.4, 0.5) is 0 Å². The molecule has 3 heterocycles. The van der Waals surface area contributed by atoms with Gasteiger partial charge in [-0.2, -0.15) is 5.10 Å². The molecule has 2 aliphatic heterocycles. The van der Waals surface area contributed by atoms with E-state index in [1.165, 1.54) is 11.1 Å². The zero-order valence-electron chi connectivity index (χ0n) is 15.3. The normalized spacial score (nSPS) is 24.7. The van der Waals surface area contributed by atoms with Gasteiger partial charge in [0, 0.05) is 28.9 Å². The van der Waals surface area contributed by atoms with Gasteiger partial charge in [0.05, 0.1) is 16.7 Å². The van der Waals surface area contributed by atoms with Crippen LogP contribution in [-0.4, -0.2) is 33.8 Å². The standard InChI is InChI=1S/C20H22ClN5S/c1-13-24-19(11-27-13)14-3-6-17(7-4-14)26-20-9-22-18-8-16(21)5-2-15(18)10-25(20)12-23-26/h3,8-9,11-12,17,22H,2,4-7,10H2,1H3. The zero-order valence-corrected chi connectivity index (χ0v) is 16.9. The minimum Gasteiger partial charge on any atom is -0.358 e. The SMILES string of the molecule is Cc1nc(C2=CCC(N3N=CN4CC5=C(C=C(Cl)CC5)NC=C43)CC2)cs1. The fourth-order valence-corrected chi connectivity index (χ4v) is 4.94. The monoisotopic (exact) mass is 399 g/mol. The summed E-state index contributed by atoms with van der Waals surface area (Å²) in [4.78, 5) is 6.88. The number of rotatable bonds is 2. The molecule has 1 aromatic heterocycles. The van der Waals surface area contributed by atoms with Crippen molar-refractivity contribution in [3.63, 3.8) is 0 Å². The van der Waals surface area contributed by atoms with E-state index in [4.69, 9.17) is 16.7 Å². The van der Waals surface area contributed by atoms with E-state index in [-0.39, 0.29) is 0 Å². The van der Waals surface area contributed by atoms with Gasteiger partial charge in [0.2, 0.25) is 0 Å². The fourth-order valence-electron chi connectivity index (χ4n) is 4.10. The number of allylic oxidation sites excluding steroid dienone is 3. The Labute approximate surface area is 168 Å². The summed E-state index contributed by atoms with van der Waals surface area (Å²) in [6.07, 6.45) is 13.5. The first-order valence-corrected chi connectivity index (χ1v) is 10.7. The molecule has 0 radical (unpaired) electrons. The highest BCUT2D eigenvalue weighted by atomic mass is 35.5. The minimum absolute atomic E-state index is 0.386. The molecule has 2 aliphatic carbocycles. The Morgan fingerprint density at radius 3 is 3.00 bits per heavy atom. The smallest absolute Gasteiger partial charge is 0.147 e. The van der Waals surface area contributed by atoms with Crippen LogP contribution in [0.25, 0.3) is 5.57 Å². The number of halogens is 1. The number of nitrogens with zero attached hydrogens (tertiary/aromatic N) is 4. The lowest BCUT2D eigenvalue weighted by atomic mass is 9.93. The molecule has 0 aromatic carbocycles. The van der Waals surface area contributed by atoms with Gasteiger partial charge in [-0.05, 0) is 56.3 Å². The number of fused-ring (bicyclic) bond motifs is 1. The molecule has 1 aromatic rings. The van der Waals surface area contributed by atoms with Gasteiger partial charge >= 0.3 is 0 Å². The van der Waals surface area contributed by atoms with Crippen LogP contribution in [0.5, 0.6) is 0 Å². The summed E-state index contributed by atoms with van der Waals surface area (Å²) in [5.74, 6) is 1.13. The second kappa shape index (κ2) is 6.84. The molecule has 0 fully saturated rings. The first-order chi connectivity index (χ1) is 13.2. The Hall–Kier alpha value is -2.05. The van der Waals surface area contributed by atoms with E-state index in [1.807, 2.05) is 6.34 Å². The molecule has 0 saturated carbocycles. The van der Waals surface area contributed by atoms with Crippen LogP contribution in [-0.2, 0) is 0 Å². The van der Waals surface area contributed by atoms with Crippen LogP contribution in [0.2, 0.25) is 0 Å². The topological polar surface area (TPSA) is 43.8 Å². The molecule has 140 valence electrons. The lowest BCUT2D eigenvalue weighted by molar-refractivity contribution is 0.228. The summed E-state index contributed by atoms with van der Waals surface area (Å²) in [5.41, 5.74) is 5.06. The molecule has 1 N–H and O–H groups in total. The Balaban J connectivity index is 1.32. The Morgan fingerprint density at radius 1 is 1.30 bits per heavy atom. The third-order valence-corrected chi connectivity index (χ3v) is 6.66. The lowest BCUT2D eigenvalue weighted by Crippen LogP contribution is -2.34. The predicted octanol–water partition coefficient (Wildman–Crippen LogP) is 4.52. The van der Waals surface area contributed by atoms with Crippen molar-refractivity contribution < 1.29 is 0 Å². The summed E-state index contributed by atoms with van der Waals surface area (Å²) >= 11 is 7.95. The van der Waals surface area contributed by atoms with E-state index in [2.05, 4.69) is 50.9 Å². The van der Waals surface area contributed by atoms with Crippen molar-refractivity contribution >= 4 is 34.8 Å². The van der Waals surface area contributed by atoms with Crippen LogP contribution < -0.4 is 5.32 Å². The summed E-state index contributed by atoms with van der Waals surface area (Å²) in [6, 6.07) is 0.386. The maximum absolute atomic E-state index is 6.23. The lowest BCUT2D eigenvalue weighted by Gasteiger charge is -2.31. The molecule has 7 heteroatoms. The number of hydrazone groups is 1. The molecule has 0 spiro atoms. The minimum atomic E-state index is 0.386. The molecule has 1 unspecified atom stereocenters. The van der Waals surface area contributed by atoms with Gasteiger partial charge in [0.15, 0.2) is 0 Å². The van der Waals surface area contributed by atoms with Crippen molar-refractivity contribution in [2.45, 2.75) is 45.1 Å². The fraction of sp³-hybridized carbons (Fsp3) is 0.400. The average Bonchev–Trinajstić information content (AvgIpc) is 3.24. The van der Waals surface area contributed by atoms with Gasteiger partial charge in [-0.25, -0.2) is 9.99 Å². The second-order valence-electron chi connectivity index (χ2n) is 7.37. The van der Waals surface area contributed by atoms with E-state index in [9.17, 15) is 0 Å². The van der Waals surface area contributed by atoms with Crippen molar-refractivity contribution in [2.24, 2.45) is 5.10 Å². The molecule has 5 rings (SSSR count). The van der Waals surface area contributed by atoms with Gasteiger partial charge in [-0.3, -0.25) is 0 Å². The number of nitrogens with one attached hydrogen (secondary N) is 1. The van der Waals surface area contributed by atoms with Crippen LogP contribution in [0.1, 0.15) is 42.8 Å². The summed E-state index contributed by atoms with van der Waals surface area (Å²) in [6.45, 7) is 2.94. The molecule has 0 bridgehead atoms. The van der Waals surface area contributed by atoms with Crippen LogP contribution >= 0.6 is 22.9 Å². The van der Waals surface area contributed by atoms with E-state index >= 15 is 0 Å². The average molecular weight is 400 g/mol. The molecule has 4 aliphatic rings. The molecular formula is C20H22ClN5S. The number of hydrogen-bond acceptors (Lipinski definition) is 6. The molecule has 27 heavy (non-hydrogen) atoms. The largest absolute Gasteiger partial charge is 0.358 e. The molecule has 5 nitrogen and oxygen atoms in total. The van der Waals surface area contributed by atoms with Crippen LogP contribution in [0.3, 0.4) is 0 Å². The maximum Gasteiger partial charge on any atom is 0.147 e. The number of aromatic nitrogens is 1. The highest BCUT2D eigenvalue weighted by molar-refractivity contribution is 7.09. The highest BCUT2D eigenvalue weighted by Crippen LogP contribution is 2.35.